The number of halogens is 1. The second-order valence-electron chi connectivity index (χ2n) is 6.06. The zero-order valence-electron chi connectivity index (χ0n) is 14.5. The molecule has 0 unspecified atom stereocenters. The molecule has 0 aliphatic carbocycles. The van der Waals surface area contributed by atoms with Crippen molar-refractivity contribution >= 4 is 11.5 Å². The van der Waals surface area contributed by atoms with Crippen LogP contribution in [0.1, 0.15) is 32.6 Å². The Kier molecular flexibility index (Phi) is 4.86. The highest BCUT2D eigenvalue weighted by Crippen LogP contribution is 2.18. The van der Waals surface area contributed by atoms with Gasteiger partial charge in [0.05, 0.1) is 19.2 Å². The average Bonchev–Trinajstić information content (AvgIpc) is 2.65. The molecule has 134 valence electrons. The van der Waals surface area contributed by atoms with Crippen LogP contribution in [-0.2, 0) is 17.8 Å². The number of rotatable bonds is 4. The second-order valence-corrected chi connectivity index (χ2v) is 6.06. The molecule has 0 radical (unpaired) electrons. The highest BCUT2D eigenvalue weighted by atomic mass is 19.1. The van der Waals surface area contributed by atoms with Crippen LogP contribution in [0, 0.1) is 12.7 Å². The van der Waals surface area contributed by atoms with Crippen LogP contribution >= 0.6 is 0 Å². The number of benzene rings is 1. The minimum atomic E-state index is -0.769. The first-order valence-corrected chi connectivity index (χ1v) is 8.06. The van der Waals surface area contributed by atoms with E-state index >= 15 is 0 Å². The molecule has 1 aromatic carbocycles. The molecule has 0 amide bonds. The van der Waals surface area contributed by atoms with Crippen LogP contribution in [0.3, 0.4) is 0 Å². The van der Waals surface area contributed by atoms with Gasteiger partial charge in [-0.1, -0.05) is 24.3 Å². The maximum Gasteiger partial charge on any atom is 0.343 e. The van der Waals surface area contributed by atoms with Gasteiger partial charge in [0.15, 0.2) is 0 Å². The molecular formula is C20H18FNO4. The summed E-state index contributed by atoms with van der Waals surface area (Å²) in [6.45, 7) is 1.36. The number of aromatic nitrogens is 1. The van der Waals surface area contributed by atoms with Crippen molar-refractivity contribution in [2.24, 2.45) is 0 Å². The van der Waals surface area contributed by atoms with Crippen LogP contribution in [0.25, 0.3) is 5.52 Å². The predicted octanol–water partition coefficient (Wildman–Crippen LogP) is 2.62. The summed E-state index contributed by atoms with van der Waals surface area (Å²) in [5.74, 6) is -1.05. The van der Waals surface area contributed by atoms with E-state index in [9.17, 15) is 19.1 Å². The number of hydrogen-bond acceptors (Lipinski definition) is 4. The number of carbonyl (C=O) groups excluding carboxylic acids is 1. The topological polar surface area (TPSA) is 68.0 Å². The molecule has 0 bridgehead atoms. The maximum absolute atomic E-state index is 14.3. The van der Waals surface area contributed by atoms with E-state index in [1.54, 1.807) is 43.5 Å². The molecule has 0 atom stereocenters. The molecule has 2 heterocycles. The minimum Gasteiger partial charge on any atom is -0.465 e. The third kappa shape index (κ3) is 3.11. The quantitative estimate of drug-likeness (QED) is 0.731. The first kappa shape index (κ1) is 17.8. The number of aliphatic hydroxyl groups is 1. The number of aryl methyl sites for hydroxylation is 1. The van der Waals surface area contributed by atoms with Crippen LogP contribution in [-0.4, -0.2) is 22.6 Å². The molecule has 2 aromatic heterocycles. The molecule has 0 aliphatic rings. The van der Waals surface area contributed by atoms with E-state index in [0.29, 0.717) is 34.2 Å². The van der Waals surface area contributed by atoms with Crippen LogP contribution in [0.4, 0.5) is 4.39 Å². The second kappa shape index (κ2) is 7.09. The van der Waals surface area contributed by atoms with E-state index in [-0.39, 0.29) is 18.0 Å². The van der Waals surface area contributed by atoms with Gasteiger partial charge in [-0.25, -0.2) is 9.18 Å². The molecule has 1 N–H and O–H groups in total. The Balaban J connectivity index is 2.15. The van der Waals surface area contributed by atoms with E-state index in [0.717, 1.165) is 0 Å². The average molecular weight is 355 g/mol. The lowest BCUT2D eigenvalue weighted by Gasteiger charge is -2.11. The van der Waals surface area contributed by atoms with E-state index in [2.05, 4.69) is 4.74 Å². The van der Waals surface area contributed by atoms with Crippen molar-refractivity contribution in [2.45, 2.75) is 20.0 Å². The Morgan fingerprint density at radius 1 is 1.23 bits per heavy atom. The van der Waals surface area contributed by atoms with Gasteiger partial charge in [-0.3, -0.25) is 9.20 Å². The highest BCUT2D eigenvalue weighted by molar-refractivity contribution is 5.89. The van der Waals surface area contributed by atoms with E-state index < -0.39 is 11.5 Å². The van der Waals surface area contributed by atoms with Gasteiger partial charge in [0.25, 0.3) is 5.56 Å². The summed E-state index contributed by atoms with van der Waals surface area (Å²) in [5, 5.41) is 9.56. The van der Waals surface area contributed by atoms with Crippen molar-refractivity contribution in [1.29, 1.82) is 0 Å². The van der Waals surface area contributed by atoms with Crippen molar-refractivity contribution in [2.75, 3.05) is 7.11 Å². The molecule has 0 aliphatic heterocycles. The normalized spacial score (nSPS) is 10.9. The Hall–Kier alpha value is -2.99. The highest BCUT2D eigenvalue weighted by Gasteiger charge is 2.16. The van der Waals surface area contributed by atoms with Crippen molar-refractivity contribution in [3.05, 3.63) is 86.6 Å². The number of fused-ring (bicyclic) bond motifs is 1. The van der Waals surface area contributed by atoms with Crippen molar-refractivity contribution in [1.82, 2.24) is 4.40 Å². The van der Waals surface area contributed by atoms with Crippen LogP contribution in [0.2, 0.25) is 0 Å². The summed E-state index contributed by atoms with van der Waals surface area (Å²) in [6.07, 6.45) is 1.86. The summed E-state index contributed by atoms with van der Waals surface area (Å²) in [6, 6.07) is 9.95. The Labute approximate surface area is 149 Å². The molecule has 0 fully saturated rings. The number of carbonyl (C=O) groups is 1. The van der Waals surface area contributed by atoms with Gasteiger partial charge in [0.2, 0.25) is 0 Å². The molecule has 6 heteroatoms. The zero-order valence-corrected chi connectivity index (χ0v) is 14.5. The molecule has 0 saturated carbocycles. The van der Waals surface area contributed by atoms with Gasteiger partial charge >= 0.3 is 5.97 Å². The fourth-order valence-corrected chi connectivity index (χ4v) is 2.97. The van der Waals surface area contributed by atoms with Crippen molar-refractivity contribution in [3.8, 4) is 0 Å². The third-order valence-electron chi connectivity index (χ3n) is 4.35. The number of nitrogens with zero attached hydrogens (tertiary/aromatic N) is 1. The van der Waals surface area contributed by atoms with Gasteiger partial charge in [-0.2, -0.15) is 0 Å². The van der Waals surface area contributed by atoms with Crippen LogP contribution in [0.5, 0.6) is 0 Å². The Morgan fingerprint density at radius 3 is 2.69 bits per heavy atom. The first-order valence-electron chi connectivity index (χ1n) is 8.06. The van der Waals surface area contributed by atoms with E-state index in [1.165, 1.54) is 17.6 Å². The standard InChI is InChI=1S/C20H18FNO4/c1-12-4-3-5-14(18(12)21)8-13-6-7-17-15(11-23)9-16(20(25)26-2)19(24)22(17)10-13/h3-7,9-10,23H,8,11H2,1-2H3. The molecule has 3 rings (SSSR count). The summed E-state index contributed by atoms with van der Waals surface area (Å²) in [4.78, 5) is 24.5. The number of aliphatic hydroxyl groups excluding tert-OH is 1. The summed E-state index contributed by atoms with van der Waals surface area (Å²) in [7, 11) is 1.19. The summed E-state index contributed by atoms with van der Waals surface area (Å²) < 4.78 is 20.2. The maximum atomic E-state index is 14.3. The lowest BCUT2D eigenvalue weighted by atomic mass is 10.0. The van der Waals surface area contributed by atoms with Crippen LogP contribution in [0.15, 0.2) is 47.4 Å². The van der Waals surface area contributed by atoms with E-state index in [4.69, 9.17) is 0 Å². The third-order valence-corrected chi connectivity index (χ3v) is 4.35. The van der Waals surface area contributed by atoms with Gasteiger partial charge in [0.1, 0.15) is 11.4 Å². The number of methoxy groups -OCH3 is 1. The monoisotopic (exact) mass is 355 g/mol. The molecule has 26 heavy (non-hydrogen) atoms. The number of pyridine rings is 2. The fourth-order valence-electron chi connectivity index (χ4n) is 2.97. The van der Waals surface area contributed by atoms with Crippen molar-refractivity contribution < 1.29 is 19.0 Å². The van der Waals surface area contributed by atoms with Crippen molar-refractivity contribution in [3.63, 3.8) is 0 Å². The molecule has 5 nitrogen and oxygen atoms in total. The lowest BCUT2D eigenvalue weighted by Crippen LogP contribution is -2.24. The number of esters is 1. The Morgan fingerprint density at radius 2 is 2.00 bits per heavy atom. The van der Waals surface area contributed by atoms with Gasteiger partial charge < -0.3 is 9.84 Å². The number of hydrogen-bond donors (Lipinski definition) is 1. The SMILES string of the molecule is COC(=O)c1cc(CO)c2ccc(Cc3cccc(C)c3F)cn2c1=O. The van der Waals surface area contributed by atoms with E-state index in [1.807, 2.05) is 0 Å². The zero-order chi connectivity index (χ0) is 18.8. The Bertz CT molecular complexity index is 1060. The number of ether oxygens (including phenoxy) is 1. The largest absolute Gasteiger partial charge is 0.465 e. The van der Waals surface area contributed by atoms with Gasteiger partial charge in [0, 0.05) is 18.2 Å². The molecular weight excluding hydrogens is 337 g/mol. The predicted molar refractivity (Wildman–Crippen MR) is 94.9 cm³/mol. The first-order chi connectivity index (χ1) is 12.5. The minimum absolute atomic E-state index is 0.159. The summed E-state index contributed by atoms with van der Waals surface area (Å²) in [5.41, 5.74) is 1.98. The molecule has 0 spiro atoms. The smallest absolute Gasteiger partial charge is 0.343 e. The van der Waals surface area contributed by atoms with Gasteiger partial charge in [-0.15, -0.1) is 0 Å². The molecule has 3 aromatic rings. The fraction of sp³-hybridized carbons (Fsp3) is 0.200. The molecule has 0 saturated heterocycles. The van der Waals surface area contributed by atoms with Crippen LogP contribution < -0.4 is 5.56 Å². The van der Waals surface area contributed by atoms with Gasteiger partial charge in [-0.05, 0) is 35.7 Å². The lowest BCUT2D eigenvalue weighted by molar-refractivity contribution is 0.0598. The summed E-state index contributed by atoms with van der Waals surface area (Å²) >= 11 is 0.